The molecule has 0 amide bonds. The minimum absolute atomic E-state index is 0.0262. The molecule has 7 nitrogen and oxygen atoms in total. The highest BCUT2D eigenvalue weighted by Crippen LogP contribution is 2.25. The van der Waals surface area contributed by atoms with Crippen molar-refractivity contribution in [1.82, 2.24) is 4.57 Å². The fourth-order valence-corrected chi connectivity index (χ4v) is 2.07. The van der Waals surface area contributed by atoms with Crippen LogP contribution < -0.4 is 0 Å². The number of rotatable bonds is 4. The van der Waals surface area contributed by atoms with Gasteiger partial charge >= 0.3 is 5.97 Å². The van der Waals surface area contributed by atoms with Gasteiger partial charge in [-0.25, -0.2) is 4.79 Å². The molecule has 0 fully saturated rings. The van der Waals surface area contributed by atoms with E-state index in [-0.39, 0.29) is 5.69 Å². The normalized spacial score (nSPS) is 20.0. The van der Waals surface area contributed by atoms with Crippen molar-refractivity contribution >= 4 is 11.7 Å². The van der Waals surface area contributed by atoms with Gasteiger partial charge in [-0.2, -0.15) is 0 Å². The van der Waals surface area contributed by atoms with Crippen LogP contribution in [0.3, 0.4) is 0 Å². The first-order valence-corrected chi connectivity index (χ1v) is 6.55. The molecule has 1 aromatic carbocycles. The number of aromatic nitrogens is 1. The van der Waals surface area contributed by atoms with E-state index >= 15 is 0 Å². The van der Waals surface area contributed by atoms with Crippen molar-refractivity contribution in [3.05, 3.63) is 76.6 Å². The molecule has 2 aromatic rings. The zero-order chi connectivity index (χ0) is 15.5. The Hall–Kier alpha value is -2.93. The number of nitro groups is 1. The molecular weight excluding hydrogens is 288 g/mol. The summed E-state index contributed by atoms with van der Waals surface area (Å²) in [7, 11) is 0. The third kappa shape index (κ3) is 2.89. The number of hydrogen-bond donors (Lipinski definition) is 0. The summed E-state index contributed by atoms with van der Waals surface area (Å²) >= 11 is 0. The Bertz CT molecular complexity index is 723. The van der Waals surface area contributed by atoms with Crippen LogP contribution in [0.15, 0.2) is 60.9 Å². The van der Waals surface area contributed by atoms with E-state index in [9.17, 15) is 14.9 Å². The number of ether oxygens (including phenoxy) is 2. The molecule has 2 atom stereocenters. The summed E-state index contributed by atoms with van der Waals surface area (Å²) < 4.78 is 12.3. The largest absolute Gasteiger partial charge is 0.428 e. The molecule has 7 heteroatoms. The highest BCUT2D eigenvalue weighted by Gasteiger charge is 2.25. The predicted molar refractivity (Wildman–Crippen MR) is 76.0 cm³/mol. The molecule has 112 valence electrons. The molecule has 1 aromatic heterocycles. The molecule has 0 unspecified atom stereocenters. The van der Waals surface area contributed by atoms with E-state index in [4.69, 9.17) is 9.47 Å². The minimum Gasteiger partial charge on any atom is -0.428 e. The van der Waals surface area contributed by atoms with Gasteiger partial charge in [0.15, 0.2) is 6.23 Å². The monoisotopic (exact) mass is 300 g/mol. The van der Waals surface area contributed by atoms with E-state index in [0.29, 0.717) is 5.56 Å². The molecule has 0 aliphatic carbocycles. The van der Waals surface area contributed by atoms with Crippen molar-refractivity contribution in [1.29, 1.82) is 0 Å². The van der Waals surface area contributed by atoms with E-state index in [2.05, 4.69) is 0 Å². The summed E-state index contributed by atoms with van der Waals surface area (Å²) in [6.45, 7) is 0. The lowest BCUT2D eigenvalue weighted by Gasteiger charge is -2.15. The number of hydrogen-bond acceptors (Lipinski definition) is 5. The first-order chi connectivity index (χ1) is 10.6. The zero-order valence-electron chi connectivity index (χ0n) is 11.4. The molecule has 1 aliphatic heterocycles. The second-order valence-electron chi connectivity index (χ2n) is 4.63. The molecule has 2 heterocycles. The van der Waals surface area contributed by atoms with Gasteiger partial charge < -0.3 is 14.0 Å². The van der Waals surface area contributed by atoms with Gasteiger partial charge in [0.25, 0.3) is 5.69 Å². The average molecular weight is 300 g/mol. The molecule has 0 spiro atoms. The highest BCUT2D eigenvalue weighted by atomic mass is 16.7. The molecule has 0 N–H and O–H groups in total. The third-order valence-electron chi connectivity index (χ3n) is 3.14. The average Bonchev–Trinajstić information content (AvgIpc) is 3.16. The fourth-order valence-electron chi connectivity index (χ4n) is 2.07. The lowest BCUT2D eigenvalue weighted by atomic mass is 10.2. The maximum atomic E-state index is 11.9. The lowest BCUT2D eigenvalue weighted by molar-refractivity contribution is -0.384. The number of carbonyl (C=O) groups is 1. The van der Waals surface area contributed by atoms with Crippen molar-refractivity contribution < 1.29 is 19.2 Å². The second-order valence-corrected chi connectivity index (χ2v) is 4.63. The maximum Gasteiger partial charge on any atom is 0.340 e. The Morgan fingerprint density at radius 3 is 2.68 bits per heavy atom. The van der Waals surface area contributed by atoms with Gasteiger partial charge in [-0.3, -0.25) is 10.1 Å². The topological polar surface area (TPSA) is 83.6 Å². The van der Waals surface area contributed by atoms with Crippen molar-refractivity contribution in [2.45, 2.75) is 12.5 Å². The minimum atomic E-state index is -0.820. The van der Waals surface area contributed by atoms with Crippen LogP contribution in [-0.4, -0.2) is 21.7 Å². The van der Waals surface area contributed by atoms with Crippen LogP contribution in [0.2, 0.25) is 0 Å². The summed E-state index contributed by atoms with van der Waals surface area (Å²) in [4.78, 5) is 22.1. The fraction of sp³-hybridized carbons (Fsp3) is 0.133. The van der Waals surface area contributed by atoms with Gasteiger partial charge in [-0.15, -0.1) is 0 Å². The second kappa shape index (κ2) is 5.82. The summed E-state index contributed by atoms with van der Waals surface area (Å²) in [5.74, 6) is -0.491. The lowest BCUT2D eigenvalue weighted by Crippen LogP contribution is -2.18. The Morgan fingerprint density at radius 1 is 1.23 bits per heavy atom. The summed E-state index contributed by atoms with van der Waals surface area (Å²) in [6.07, 6.45) is 4.80. The molecule has 3 rings (SSSR count). The van der Waals surface area contributed by atoms with Crippen LogP contribution in [0, 0.1) is 10.1 Å². The van der Waals surface area contributed by atoms with E-state index in [1.807, 2.05) is 0 Å². The highest BCUT2D eigenvalue weighted by molar-refractivity contribution is 5.89. The smallest absolute Gasteiger partial charge is 0.340 e. The zero-order valence-corrected chi connectivity index (χ0v) is 11.4. The molecule has 0 bridgehead atoms. The first-order valence-electron chi connectivity index (χ1n) is 6.55. The standard InChI is InChI=1S/C15H12N2O5/c18-15(11-4-2-1-3-5-11)22-14-7-6-13(21-14)16-9-8-12(10-16)17(19)20/h1-10,13-14H/t13-,14-/m0/s1. The van der Waals surface area contributed by atoms with Crippen LogP contribution in [0.5, 0.6) is 0 Å². The van der Waals surface area contributed by atoms with E-state index in [1.54, 1.807) is 42.5 Å². The van der Waals surface area contributed by atoms with Gasteiger partial charge in [0.1, 0.15) is 0 Å². The van der Waals surface area contributed by atoms with E-state index in [1.165, 1.54) is 23.0 Å². The predicted octanol–water partition coefficient (Wildman–Crippen LogP) is 2.66. The van der Waals surface area contributed by atoms with Crippen molar-refractivity contribution in [2.75, 3.05) is 0 Å². The number of nitrogens with zero attached hydrogens (tertiary/aromatic N) is 2. The van der Waals surface area contributed by atoms with Gasteiger partial charge in [0.05, 0.1) is 16.7 Å². The van der Waals surface area contributed by atoms with E-state index in [0.717, 1.165) is 0 Å². The van der Waals surface area contributed by atoms with Gasteiger partial charge in [0.2, 0.25) is 6.29 Å². The summed E-state index contributed by atoms with van der Waals surface area (Å²) in [6, 6.07) is 9.95. The molecule has 0 saturated heterocycles. The maximum absolute atomic E-state index is 11.9. The van der Waals surface area contributed by atoms with Gasteiger partial charge in [-0.05, 0) is 24.3 Å². The Morgan fingerprint density at radius 2 is 2.00 bits per heavy atom. The van der Waals surface area contributed by atoms with Crippen LogP contribution in [0.25, 0.3) is 0 Å². The van der Waals surface area contributed by atoms with Gasteiger partial charge in [0, 0.05) is 12.3 Å². The van der Waals surface area contributed by atoms with Crippen LogP contribution in [-0.2, 0) is 9.47 Å². The van der Waals surface area contributed by atoms with Crippen molar-refractivity contribution in [3.63, 3.8) is 0 Å². The molecule has 22 heavy (non-hydrogen) atoms. The quantitative estimate of drug-likeness (QED) is 0.375. The van der Waals surface area contributed by atoms with Crippen molar-refractivity contribution in [2.24, 2.45) is 0 Å². The van der Waals surface area contributed by atoms with E-state index < -0.39 is 23.4 Å². The Balaban J connectivity index is 1.62. The van der Waals surface area contributed by atoms with Crippen LogP contribution in [0.1, 0.15) is 16.6 Å². The van der Waals surface area contributed by atoms with Crippen LogP contribution in [0.4, 0.5) is 5.69 Å². The Labute approximate surface area is 125 Å². The number of esters is 1. The first kappa shape index (κ1) is 14.0. The van der Waals surface area contributed by atoms with Crippen molar-refractivity contribution in [3.8, 4) is 0 Å². The Kier molecular flexibility index (Phi) is 3.71. The summed E-state index contributed by atoms with van der Waals surface area (Å²) in [5.41, 5.74) is 0.404. The molecular formula is C15H12N2O5. The summed E-state index contributed by atoms with van der Waals surface area (Å²) in [5, 5.41) is 10.7. The molecule has 0 radical (unpaired) electrons. The van der Waals surface area contributed by atoms with Crippen LogP contribution >= 0.6 is 0 Å². The number of benzene rings is 1. The SMILES string of the molecule is O=C(O[C@H]1C=C[C@@H](n2ccc([N+](=O)[O-])c2)O1)c1ccccc1. The van der Waals surface area contributed by atoms with Gasteiger partial charge in [-0.1, -0.05) is 18.2 Å². The molecule has 0 saturated carbocycles. The third-order valence-corrected chi connectivity index (χ3v) is 3.14. The molecule has 1 aliphatic rings. The number of carbonyl (C=O) groups excluding carboxylic acids is 1.